The second kappa shape index (κ2) is 8.83. The molecule has 144 valence electrons. The highest BCUT2D eigenvalue weighted by Gasteiger charge is 2.21. The molecule has 4 rings (SSSR count). The predicted molar refractivity (Wildman–Crippen MR) is 114 cm³/mol. The zero-order valence-corrected chi connectivity index (χ0v) is 16.4. The van der Waals surface area contributed by atoms with Crippen molar-refractivity contribution in [3.05, 3.63) is 71.9 Å². The van der Waals surface area contributed by atoms with Crippen LogP contribution in [-0.2, 0) is 12.8 Å². The quantitative estimate of drug-likeness (QED) is 0.682. The Morgan fingerprint density at radius 2 is 1.71 bits per heavy atom. The summed E-state index contributed by atoms with van der Waals surface area (Å²) in [6.45, 7) is 4.18. The fourth-order valence-electron chi connectivity index (χ4n) is 3.77. The van der Waals surface area contributed by atoms with Gasteiger partial charge >= 0.3 is 0 Å². The number of piperidine rings is 1. The van der Waals surface area contributed by atoms with Gasteiger partial charge in [0.1, 0.15) is 0 Å². The molecule has 28 heavy (non-hydrogen) atoms. The summed E-state index contributed by atoms with van der Waals surface area (Å²) in [7, 11) is 0. The molecule has 0 bridgehead atoms. The SMILES string of the molecule is CCc1ccc(Nc2nncc(N3CCC(Cc4ccccc4)CC3)n2)cc1. The Labute approximate surface area is 166 Å². The molecular formula is C23H27N5. The van der Waals surface area contributed by atoms with E-state index in [1.54, 1.807) is 6.20 Å². The molecule has 1 aliphatic heterocycles. The first kappa shape index (κ1) is 18.4. The van der Waals surface area contributed by atoms with Gasteiger partial charge in [-0.2, -0.15) is 10.1 Å². The van der Waals surface area contributed by atoms with Gasteiger partial charge in [0.25, 0.3) is 0 Å². The van der Waals surface area contributed by atoms with Crippen LogP contribution in [0.25, 0.3) is 0 Å². The van der Waals surface area contributed by atoms with E-state index in [1.807, 2.05) is 0 Å². The first-order valence-corrected chi connectivity index (χ1v) is 10.1. The number of aromatic nitrogens is 3. The number of nitrogens with one attached hydrogen (secondary N) is 1. The maximum Gasteiger partial charge on any atom is 0.249 e. The predicted octanol–water partition coefficient (Wildman–Crippen LogP) is 4.64. The van der Waals surface area contributed by atoms with Crippen molar-refractivity contribution in [2.75, 3.05) is 23.3 Å². The van der Waals surface area contributed by atoms with Crippen molar-refractivity contribution in [1.82, 2.24) is 15.2 Å². The van der Waals surface area contributed by atoms with Gasteiger partial charge < -0.3 is 10.2 Å². The minimum Gasteiger partial charge on any atom is -0.355 e. The molecule has 0 atom stereocenters. The molecule has 0 radical (unpaired) electrons. The number of anilines is 3. The molecule has 1 saturated heterocycles. The van der Waals surface area contributed by atoms with Crippen LogP contribution in [0.4, 0.5) is 17.5 Å². The van der Waals surface area contributed by atoms with Crippen LogP contribution < -0.4 is 10.2 Å². The minimum atomic E-state index is 0.549. The second-order valence-electron chi connectivity index (χ2n) is 7.43. The molecule has 5 nitrogen and oxygen atoms in total. The Kier molecular flexibility index (Phi) is 5.80. The summed E-state index contributed by atoms with van der Waals surface area (Å²) in [4.78, 5) is 7.01. The lowest BCUT2D eigenvalue weighted by Crippen LogP contribution is -2.35. The van der Waals surface area contributed by atoms with E-state index < -0.39 is 0 Å². The normalized spacial score (nSPS) is 14.8. The fourth-order valence-corrected chi connectivity index (χ4v) is 3.77. The van der Waals surface area contributed by atoms with Crippen molar-refractivity contribution >= 4 is 17.5 Å². The van der Waals surface area contributed by atoms with E-state index in [-0.39, 0.29) is 0 Å². The number of benzene rings is 2. The molecular weight excluding hydrogens is 346 g/mol. The number of aryl methyl sites for hydroxylation is 1. The Hall–Kier alpha value is -2.95. The summed E-state index contributed by atoms with van der Waals surface area (Å²) >= 11 is 0. The first-order valence-electron chi connectivity index (χ1n) is 10.1. The van der Waals surface area contributed by atoms with Crippen LogP contribution >= 0.6 is 0 Å². The summed E-state index contributed by atoms with van der Waals surface area (Å²) in [6, 6.07) is 19.2. The molecule has 2 heterocycles. The minimum absolute atomic E-state index is 0.549. The summed E-state index contributed by atoms with van der Waals surface area (Å²) in [5.74, 6) is 2.19. The third-order valence-electron chi connectivity index (χ3n) is 5.47. The molecule has 0 amide bonds. The molecule has 0 aliphatic carbocycles. The Morgan fingerprint density at radius 1 is 0.964 bits per heavy atom. The monoisotopic (exact) mass is 373 g/mol. The lowest BCUT2D eigenvalue weighted by atomic mass is 9.90. The Bertz CT molecular complexity index is 871. The Morgan fingerprint density at radius 3 is 2.43 bits per heavy atom. The van der Waals surface area contributed by atoms with Gasteiger partial charge in [0, 0.05) is 18.8 Å². The van der Waals surface area contributed by atoms with Gasteiger partial charge in [0.05, 0.1) is 6.20 Å². The standard InChI is InChI=1S/C23H27N5/c1-2-18-8-10-21(11-9-18)25-23-26-22(17-24-27-23)28-14-12-20(13-15-28)16-19-6-4-3-5-7-19/h3-11,17,20H,2,12-16H2,1H3,(H,25,26,27). The topological polar surface area (TPSA) is 53.9 Å². The molecule has 1 aromatic heterocycles. The van der Waals surface area contributed by atoms with Gasteiger partial charge in [-0.1, -0.05) is 49.4 Å². The lowest BCUT2D eigenvalue weighted by molar-refractivity contribution is 0.402. The third-order valence-corrected chi connectivity index (χ3v) is 5.47. The van der Waals surface area contributed by atoms with E-state index in [0.29, 0.717) is 5.95 Å². The van der Waals surface area contributed by atoms with Gasteiger partial charge in [-0.15, -0.1) is 5.10 Å². The summed E-state index contributed by atoms with van der Waals surface area (Å²) in [5, 5.41) is 11.6. The van der Waals surface area contributed by atoms with Crippen LogP contribution in [0.5, 0.6) is 0 Å². The lowest BCUT2D eigenvalue weighted by Gasteiger charge is -2.32. The largest absolute Gasteiger partial charge is 0.355 e. The molecule has 1 N–H and O–H groups in total. The first-order chi connectivity index (χ1) is 13.8. The van der Waals surface area contributed by atoms with Crippen LogP contribution in [-0.4, -0.2) is 28.3 Å². The van der Waals surface area contributed by atoms with Gasteiger partial charge in [-0.25, -0.2) is 0 Å². The molecule has 1 aliphatic rings. The third kappa shape index (κ3) is 4.66. The average molecular weight is 374 g/mol. The van der Waals surface area contributed by atoms with Crippen LogP contribution in [0, 0.1) is 5.92 Å². The van der Waals surface area contributed by atoms with Crippen molar-refractivity contribution in [3.63, 3.8) is 0 Å². The van der Waals surface area contributed by atoms with E-state index in [9.17, 15) is 0 Å². The maximum absolute atomic E-state index is 4.68. The van der Waals surface area contributed by atoms with Gasteiger partial charge in [-0.3, -0.25) is 0 Å². The summed E-state index contributed by atoms with van der Waals surface area (Å²) in [6.07, 6.45) is 6.33. The fraction of sp³-hybridized carbons (Fsp3) is 0.348. The zero-order chi connectivity index (χ0) is 19.2. The second-order valence-corrected chi connectivity index (χ2v) is 7.43. The highest BCUT2D eigenvalue weighted by molar-refractivity contribution is 5.54. The van der Waals surface area contributed by atoms with Crippen LogP contribution in [0.3, 0.4) is 0 Å². The number of hydrogen-bond acceptors (Lipinski definition) is 5. The average Bonchev–Trinajstić information content (AvgIpc) is 2.76. The Balaban J connectivity index is 1.35. The van der Waals surface area contributed by atoms with E-state index in [0.717, 1.165) is 43.4 Å². The smallest absolute Gasteiger partial charge is 0.249 e. The number of nitrogens with zero attached hydrogens (tertiary/aromatic N) is 4. The van der Waals surface area contributed by atoms with Crippen LogP contribution in [0.2, 0.25) is 0 Å². The molecule has 1 fully saturated rings. The summed E-state index contributed by atoms with van der Waals surface area (Å²) < 4.78 is 0. The van der Waals surface area contributed by atoms with Crippen molar-refractivity contribution in [2.45, 2.75) is 32.6 Å². The zero-order valence-electron chi connectivity index (χ0n) is 16.4. The highest BCUT2D eigenvalue weighted by Crippen LogP contribution is 2.25. The van der Waals surface area contributed by atoms with Crippen molar-refractivity contribution in [2.24, 2.45) is 5.92 Å². The molecule has 2 aromatic carbocycles. The molecule has 5 heteroatoms. The van der Waals surface area contributed by atoms with Crippen molar-refractivity contribution in [1.29, 1.82) is 0 Å². The van der Waals surface area contributed by atoms with Gasteiger partial charge in [0.2, 0.25) is 5.95 Å². The molecule has 3 aromatic rings. The number of hydrogen-bond donors (Lipinski definition) is 1. The van der Waals surface area contributed by atoms with Crippen LogP contribution in [0.15, 0.2) is 60.8 Å². The van der Waals surface area contributed by atoms with Gasteiger partial charge in [-0.05, 0) is 54.9 Å². The van der Waals surface area contributed by atoms with Crippen LogP contribution in [0.1, 0.15) is 30.9 Å². The highest BCUT2D eigenvalue weighted by atomic mass is 15.3. The summed E-state index contributed by atoms with van der Waals surface area (Å²) in [5.41, 5.74) is 3.74. The van der Waals surface area contributed by atoms with Crippen molar-refractivity contribution in [3.8, 4) is 0 Å². The number of rotatable bonds is 6. The van der Waals surface area contributed by atoms with E-state index in [1.165, 1.54) is 24.0 Å². The molecule has 0 spiro atoms. The van der Waals surface area contributed by atoms with E-state index >= 15 is 0 Å². The van der Waals surface area contributed by atoms with Gasteiger partial charge in [0.15, 0.2) is 5.82 Å². The van der Waals surface area contributed by atoms with E-state index in [2.05, 4.69) is 86.9 Å². The molecule has 0 saturated carbocycles. The van der Waals surface area contributed by atoms with Crippen molar-refractivity contribution < 1.29 is 0 Å². The molecule has 0 unspecified atom stereocenters. The maximum atomic E-state index is 4.68. The van der Waals surface area contributed by atoms with E-state index in [4.69, 9.17) is 0 Å².